The molecule has 2 N–H and O–H groups in total. The summed E-state index contributed by atoms with van der Waals surface area (Å²) in [4.78, 5) is 8.62. The van der Waals surface area contributed by atoms with Gasteiger partial charge in [-0.3, -0.25) is 9.80 Å². The molecule has 1 aliphatic rings. The molecule has 4 rings (SSSR count). The van der Waals surface area contributed by atoms with Crippen LogP contribution in [0.4, 0.5) is 5.69 Å². The van der Waals surface area contributed by atoms with Gasteiger partial charge < -0.3 is 15.0 Å². The summed E-state index contributed by atoms with van der Waals surface area (Å²) in [5.74, 6) is 0.895. The number of nitrogens with zero attached hydrogens (tertiary/aromatic N) is 2. The molecule has 5 nitrogen and oxygen atoms in total. The zero-order chi connectivity index (χ0) is 18.5. The Balaban J connectivity index is 1.19. The lowest BCUT2D eigenvalue weighted by Crippen LogP contribution is -2.47. The van der Waals surface area contributed by atoms with Gasteiger partial charge >= 0.3 is 0 Å². The minimum atomic E-state index is 0.895. The van der Waals surface area contributed by atoms with Crippen molar-refractivity contribution in [3.63, 3.8) is 0 Å². The van der Waals surface area contributed by atoms with Crippen molar-refractivity contribution in [2.75, 3.05) is 51.7 Å². The highest BCUT2D eigenvalue weighted by Crippen LogP contribution is 2.17. The number of benzene rings is 2. The number of fused-ring (bicyclic) bond motifs is 1. The molecule has 1 fully saturated rings. The van der Waals surface area contributed by atoms with Crippen LogP contribution in [0.3, 0.4) is 0 Å². The summed E-state index contributed by atoms with van der Waals surface area (Å²) >= 11 is 0. The number of nitrogens with one attached hydrogen (secondary N) is 2. The Hall–Kier alpha value is -2.50. The van der Waals surface area contributed by atoms with E-state index in [9.17, 15) is 0 Å². The molecule has 1 saturated heterocycles. The van der Waals surface area contributed by atoms with Crippen LogP contribution in [0.15, 0.2) is 54.6 Å². The second-order valence-corrected chi connectivity index (χ2v) is 7.15. The molecule has 0 aliphatic carbocycles. The molecule has 0 spiro atoms. The molecule has 27 heavy (non-hydrogen) atoms. The molecule has 0 amide bonds. The second-order valence-electron chi connectivity index (χ2n) is 7.15. The highest BCUT2D eigenvalue weighted by Gasteiger charge is 2.17. The van der Waals surface area contributed by atoms with E-state index in [2.05, 4.69) is 62.6 Å². The minimum Gasteiger partial charge on any atom is -0.497 e. The summed E-state index contributed by atoms with van der Waals surface area (Å²) in [6.45, 7) is 7.55. The smallest absolute Gasteiger partial charge is 0.119 e. The monoisotopic (exact) mass is 364 g/mol. The number of H-pyrrole nitrogens is 1. The third kappa shape index (κ3) is 4.62. The van der Waals surface area contributed by atoms with Crippen LogP contribution < -0.4 is 10.1 Å². The van der Waals surface area contributed by atoms with Crippen molar-refractivity contribution in [3.05, 3.63) is 60.3 Å². The molecule has 0 radical (unpaired) electrons. The van der Waals surface area contributed by atoms with Crippen LogP contribution >= 0.6 is 0 Å². The molecule has 0 atom stereocenters. The maximum atomic E-state index is 5.20. The van der Waals surface area contributed by atoms with Gasteiger partial charge in [0.25, 0.3) is 0 Å². The van der Waals surface area contributed by atoms with E-state index in [0.29, 0.717) is 0 Å². The van der Waals surface area contributed by atoms with Crippen LogP contribution in [-0.4, -0.2) is 61.2 Å². The molecule has 1 aromatic heterocycles. The van der Waals surface area contributed by atoms with Gasteiger partial charge in [-0.05, 0) is 41.8 Å². The quantitative estimate of drug-likeness (QED) is 0.674. The van der Waals surface area contributed by atoms with E-state index in [1.807, 2.05) is 12.1 Å². The predicted molar refractivity (Wildman–Crippen MR) is 111 cm³/mol. The molecule has 142 valence electrons. The lowest BCUT2D eigenvalue weighted by atomic mass is 10.2. The van der Waals surface area contributed by atoms with E-state index in [1.165, 1.54) is 16.6 Å². The van der Waals surface area contributed by atoms with Gasteiger partial charge in [-0.25, -0.2) is 0 Å². The zero-order valence-electron chi connectivity index (χ0n) is 15.9. The van der Waals surface area contributed by atoms with Crippen molar-refractivity contribution < 1.29 is 4.74 Å². The summed E-state index contributed by atoms with van der Waals surface area (Å²) in [6.07, 6.45) is 0. The number of aromatic nitrogens is 1. The zero-order valence-corrected chi connectivity index (χ0v) is 15.9. The Bertz CT molecular complexity index is 817. The predicted octanol–water partition coefficient (Wildman–Crippen LogP) is 3.41. The minimum absolute atomic E-state index is 0.895. The Morgan fingerprint density at radius 1 is 0.963 bits per heavy atom. The van der Waals surface area contributed by atoms with Crippen molar-refractivity contribution in [3.8, 4) is 5.75 Å². The summed E-state index contributed by atoms with van der Waals surface area (Å²) < 4.78 is 5.20. The Morgan fingerprint density at radius 2 is 1.70 bits per heavy atom. The molecule has 1 aliphatic heterocycles. The fourth-order valence-electron chi connectivity index (χ4n) is 3.70. The lowest BCUT2D eigenvalue weighted by Gasteiger charge is -2.34. The largest absolute Gasteiger partial charge is 0.497 e. The second kappa shape index (κ2) is 8.46. The Morgan fingerprint density at radius 3 is 2.44 bits per heavy atom. The third-order valence-electron chi connectivity index (χ3n) is 5.29. The maximum Gasteiger partial charge on any atom is 0.119 e. The molecule has 2 aromatic carbocycles. The van der Waals surface area contributed by atoms with Crippen LogP contribution in [0.25, 0.3) is 10.9 Å². The van der Waals surface area contributed by atoms with E-state index in [4.69, 9.17) is 4.74 Å². The van der Waals surface area contributed by atoms with E-state index < -0.39 is 0 Å². The first-order chi connectivity index (χ1) is 13.3. The fraction of sp³-hybridized carbons (Fsp3) is 0.364. The average molecular weight is 364 g/mol. The number of rotatable bonds is 7. The molecule has 0 bridgehead atoms. The first-order valence-corrected chi connectivity index (χ1v) is 9.69. The van der Waals surface area contributed by atoms with Crippen LogP contribution in [0, 0.1) is 0 Å². The van der Waals surface area contributed by atoms with Gasteiger partial charge in [-0.1, -0.05) is 18.2 Å². The molecular formula is C22H28N4O. The fourth-order valence-corrected chi connectivity index (χ4v) is 3.70. The van der Waals surface area contributed by atoms with Gasteiger partial charge in [0.2, 0.25) is 0 Å². The third-order valence-corrected chi connectivity index (χ3v) is 5.29. The van der Waals surface area contributed by atoms with E-state index in [1.54, 1.807) is 7.11 Å². The van der Waals surface area contributed by atoms with Crippen molar-refractivity contribution in [1.82, 2.24) is 14.8 Å². The van der Waals surface area contributed by atoms with Crippen LogP contribution in [0.2, 0.25) is 0 Å². The Labute approximate surface area is 160 Å². The normalized spacial score (nSPS) is 15.9. The van der Waals surface area contributed by atoms with E-state index >= 15 is 0 Å². The van der Waals surface area contributed by atoms with Gasteiger partial charge in [0.05, 0.1) is 7.11 Å². The highest BCUT2D eigenvalue weighted by molar-refractivity contribution is 5.80. The summed E-state index contributed by atoms with van der Waals surface area (Å²) in [5, 5.41) is 4.79. The Kier molecular flexibility index (Phi) is 5.61. The van der Waals surface area contributed by atoms with E-state index in [0.717, 1.165) is 57.3 Å². The molecular weight excluding hydrogens is 336 g/mol. The molecule has 5 heteroatoms. The number of ether oxygens (including phenoxy) is 1. The summed E-state index contributed by atoms with van der Waals surface area (Å²) in [6, 6.07) is 18.9. The number of hydrogen-bond acceptors (Lipinski definition) is 4. The van der Waals surface area contributed by atoms with E-state index in [-0.39, 0.29) is 0 Å². The molecule has 2 heterocycles. The number of piperazine rings is 1. The number of para-hydroxylation sites is 1. The SMILES string of the molecule is COc1ccc(NCCN2CCN(Cc3cc4ccccc4[nH]3)CC2)cc1. The molecule has 3 aromatic rings. The first kappa shape index (κ1) is 17.9. The molecule has 0 unspecified atom stereocenters. The van der Waals surface area contributed by atoms with Crippen molar-refractivity contribution in [2.45, 2.75) is 6.54 Å². The topological polar surface area (TPSA) is 43.5 Å². The summed E-state index contributed by atoms with van der Waals surface area (Å²) in [5.41, 5.74) is 3.69. The number of aromatic amines is 1. The van der Waals surface area contributed by atoms with Gasteiger partial charge in [0.15, 0.2) is 0 Å². The maximum absolute atomic E-state index is 5.20. The number of hydrogen-bond donors (Lipinski definition) is 2. The van der Waals surface area contributed by atoms with Crippen molar-refractivity contribution in [1.29, 1.82) is 0 Å². The number of methoxy groups -OCH3 is 1. The first-order valence-electron chi connectivity index (χ1n) is 9.69. The average Bonchev–Trinajstić information content (AvgIpc) is 3.12. The summed E-state index contributed by atoms with van der Waals surface area (Å²) in [7, 11) is 1.69. The van der Waals surface area contributed by atoms with Crippen LogP contribution in [-0.2, 0) is 6.54 Å². The van der Waals surface area contributed by atoms with Crippen molar-refractivity contribution in [2.24, 2.45) is 0 Å². The van der Waals surface area contributed by atoms with Crippen LogP contribution in [0.1, 0.15) is 5.69 Å². The van der Waals surface area contributed by atoms with Gasteiger partial charge in [0.1, 0.15) is 5.75 Å². The number of anilines is 1. The molecule has 0 saturated carbocycles. The standard InChI is InChI=1S/C22H28N4O/c1-27-21-8-6-19(7-9-21)23-10-11-25-12-14-26(15-13-25)17-20-16-18-4-2-3-5-22(18)24-20/h2-9,16,23-24H,10-15,17H2,1H3. The van der Waals surface area contributed by atoms with Gasteiger partial charge in [-0.15, -0.1) is 0 Å². The van der Waals surface area contributed by atoms with Crippen LogP contribution in [0.5, 0.6) is 5.75 Å². The lowest BCUT2D eigenvalue weighted by molar-refractivity contribution is 0.130. The van der Waals surface area contributed by atoms with Crippen molar-refractivity contribution >= 4 is 16.6 Å². The van der Waals surface area contributed by atoms with Gasteiger partial charge in [-0.2, -0.15) is 0 Å². The highest BCUT2D eigenvalue weighted by atomic mass is 16.5. The van der Waals surface area contributed by atoms with Gasteiger partial charge in [0, 0.05) is 62.7 Å².